The van der Waals surface area contributed by atoms with E-state index in [0.717, 1.165) is 116 Å². The molecule has 0 aromatic rings. The molecule has 1 amide bonds. The van der Waals surface area contributed by atoms with Crippen LogP contribution in [-0.4, -0.2) is 34.9 Å². The first-order valence-corrected chi connectivity index (χ1v) is 34.2. The molecule has 0 spiro atoms. The maximum Gasteiger partial charge on any atom is 0.220 e. The SMILES string of the molecule is CC/C=C\C/C=C\C/C=C\C/C=C\C/C=C\C/C=C\C/C=C\C/C=C\C/C=C\C/C=C\C/C=C\CCCCCCCC(=O)NC(CO)C(O)/C=C/CC/C=C/CCCCCCCCCCCCCCCCCCCCCCCCCC. The van der Waals surface area contributed by atoms with E-state index in [1.165, 1.54) is 167 Å². The Hall–Kier alpha value is -3.99. The van der Waals surface area contributed by atoms with Crippen molar-refractivity contribution in [2.24, 2.45) is 0 Å². The minimum Gasteiger partial charge on any atom is -0.394 e. The van der Waals surface area contributed by atoms with E-state index < -0.39 is 12.1 Å². The molecule has 0 heterocycles. The molecule has 81 heavy (non-hydrogen) atoms. The van der Waals surface area contributed by atoms with Gasteiger partial charge in [0.15, 0.2) is 0 Å². The first-order valence-electron chi connectivity index (χ1n) is 34.2. The van der Waals surface area contributed by atoms with E-state index >= 15 is 0 Å². The van der Waals surface area contributed by atoms with Gasteiger partial charge in [-0.15, -0.1) is 0 Å². The average Bonchev–Trinajstić information content (AvgIpc) is 3.47. The number of hydrogen-bond donors (Lipinski definition) is 3. The molecule has 0 aromatic carbocycles. The quantitative estimate of drug-likeness (QED) is 0.0420. The largest absolute Gasteiger partial charge is 0.394 e. The lowest BCUT2D eigenvalue weighted by atomic mass is 10.0. The van der Waals surface area contributed by atoms with Crippen molar-refractivity contribution in [2.75, 3.05) is 6.61 Å². The zero-order chi connectivity index (χ0) is 58.4. The second kappa shape index (κ2) is 70.3. The van der Waals surface area contributed by atoms with Gasteiger partial charge in [0.25, 0.3) is 0 Å². The topological polar surface area (TPSA) is 69.6 Å². The molecule has 0 aliphatic heterocycles. The molecule has 2 unspecified atom stereocenters. The molecule has 0 aromatic heterocycles. The molecule has 0 bridgehead atoms. The number of amides is 1. The number of allylic oxidation sites excluding steroid dienone is 25. The van der Waals surface area contributed by atoms with Crippen LogP contribution in [0.5, 0.6) is 0 Å². The van der Waals surface area contributed by atoms with E-state index in [2.05, 4.69) is 165 Å². The van der Waals surface area contributed by atoms with Gasteiger partial charge in [0.1, 0.15) is 0 Å². The third-order valence-corrected chi connectivity index (χ3v) is 14.7. The summed E-state index contributed by atoms with van der Waals surface area (Å²) >= 11 is 0. The molecule has 460 valence electrons. The molecular weight excluding hydrogens is 987 g/mol. The summed E-state index contributed by atoms with van der Waals surface area (Å²) in [5.74, 6) is -0.0964. The highest BCUT2D eigenvalue weighted by molar-refractivity contribution is 5.76. The van der Waals surface area contributed by atoms with Crippen molar-refractivity contribution in [3.05, 3.63) is 158 Å². The molecule has 0 aliphatic rings. The molecule has 4 nitrogen and oxygen atoms in total. The normalized spacial score (nSPS) is 13.8. The van der Waals surface area contributed by atoms with Gasteiger partial charge in [-0.1, -0.05) is 339 Å². The first-order chi connectivity index (χ1) is 40.2. The molecule has 0 saturated carbocycles. The summed E-state index contributed by atoms with van der Waals surface area (Å²) < 4.78 is 0. The van der Waals surface area contributed by atoms with E-state index in [0.29, 0.717) is 6.42 Å². The van der Waals surface area contributed by atoms with Crippen LogP contribution in [0.15, 0.2) is 158 Å². The third kappa shape index (κ3) is 66.7. The van der Waals surface area contributed by atoms with E-state index in [4.69, 9.17) is 0 Å². The standard InChI is InChI=1S/C77H129NO3/c1-3-5-7-9-11-13-15-17-19-21-23-25-27-29-31-33-35-36-37-38-39-40-41-42-43-45-47-49-51-53-55-57-59-61-63-65-67-69-71-73-77(81)78-75(74-79)76(80)72-70-68-66-64-62-60-58-56-54-52-50-48-46-44-34-32-30-28-26-24-22-20-18-16-14-12-10-8-6-4-2/h5,7,11,13,17,19,23,25,29,31,35-36,38-39,41-42,45,47,51,53,57,59,62,64,70,72,75-76,79-80H,3-4,6,8-10,12,14-16,18,20-22,24,26-28,30,32-34,37,40,43-44,46,48-50,52,54-56,58,60-61,63,65-69,71,73-74H2,1-2H3,(H,78,81)/b7-5-,13-11-,19-17-,25-23-,31-29-,36-35-,39-38-,42-41-,47-45-,53-51-,59-57-,64-62+,72-70+. The summed E-state index contributed by atoms with van der Waals surface area (Å²) in [6, 6.07) is -0.664. The Kier molecular flexibility index (Phi) is 66.8. The predicted molar refractivity (Wildman–Crippen MR) is 363 cm³/mol. The van der Waals surface area contributed by atoms with Crippen molar-refractivity contribution in [2.45, 2.75) is 315 Å². The lowest BCUT2D eigenvalue weighted by Gasteiger charge is -2.19. The lowest BCUT2D eigenvalue weighted by molar-refractivity contribution is -0.123. The Balaban J connectivity index is 3.65. The number of rotatable bonds is 61. The summed E-state index contributed by atoms with van der Waals surface area (Å²) in [4.78, 5) is 12.5. The van der Waals surface area contributed by atoms with Gasteiger partial charge in [-0.3, -0.25) is 4.79 Å². The molecule has 4 heteroatoms. The summed E-state index contributed by atoms with van der Waals surface area (Å²) in [7, 11) is 0. The predicted octanol–water partition coefficient (Wildman–Crippen LogP) is 23.6. The fourth-order valence-electron chi connectivity index (χ4n) is 9.61. The number of carbonyl (C=O) groups is 1. The molecule has 3 N–H and O–H groups in total. The Morgan fingerprint density at radius 2 is 0.556 bits per heavy atom. The smallest absolute Gasteiger partial charge is 0.220 e. The van der Waals surface area contributed by atoms with Crippen LogP contribution < -0.4 is 5.32 Å². The van der Waals surface area contributed by atoms with Gasteiger partial charge < -0.3 is 15.5 Å². The lowest BCUT2D eigenvalue weighted by Crippen LogP contribution is -2.45. The van der Waals surface area contributed by atoms with Crippen molar-refractivity contribution in [1.29, 1.82) is 0 Å². The molecule has 0 saturated heterocycles. The van der Waals surface area contributed by atoms with Crippen molar-refractivity contribution < 1.29 is 15.0 Å². The Morgan fingerprint density at radius 3 is 0.864 bits per heavy atom. The Bertz CT molecular complexity index is 1690. The van der Waals surface area contributed by atoms with Gasteiger partial charge in [0.2, 0.25) is 5.91 Å². The second-order valence-electron chi connectivity index (χ2n) is 22.5. The van der Waals surface area contributed by atoms with Gasteiger partial charge >= 0.3 is 0 Å². The van der Waals surface area contributed by atoms with Gasteiger partial charge in [-0.2, -0.15) is 0 Å². The number of carbonyl (C=O) groups excluding carboxylic acids is 1. The van der Waals surface area contributed by atoms with Crippen LogP contribution in [0.4, 0.5) is 0 Å². The molecule has 0 aliphatic carbocycles. The van der Waals surface area contributed by atoms with Crippen LogP contribution in [0.1, 0.15) is 303 Å². The van der Waals surface area contributed by atoms with Crippen LogP contribution in [-0.2, 0) is 4.79 Å². The highest BCUT2D eigenvalue weighted by Gasteiger charge is 2.18. The zero-order valence-electron chi connectivity index (χ0n) is 53.0. The van der Waals surface area contributed by atoms with Crippen LogP contribution in [0.3, 0.4) is 0 Å². The summed E-state index contributed by atoms with van der Waals surface area (Å²) in [5, 5.41) is 23.2. The highest BCUT2D eigenvalue weighted by Crippen LogP contribution is 2.17. The summed E-state index contributed by atoms with van der Waals surface area (Å²) in [6.07, 6.45) is 112. The van der Waals surface area contributed by atoms with E-state index in [-0.39, 0.29) is 12.5 Å². The van der Waals surface area contributed by atoms with Crippen LogP contribution in [0.25, 0.3) is 0 Å². The number of aliphatic hydroxyl groups excluding tert-OH is 2. The minimum atomic E-state index is -0.884. The maximum atomic E-state index is 12.5. The van der Waals surface area contributed by atoms with E-state index in [1.807, 2.05) is 6.08 Å². The maximum absolute atomic E-state index is 12.5. The van der Waals surface area contributed by atoms with Gasteiger partial charge in [0.05, 0.1) is 18.8 Å². The second-order valence-corrected chi connectivity index (χ2v) is 22.5. The first kappa shape index (κ1) is 77.0. The van der Waals surface area contributed by atoms with Gasteiger partial charge in [0, 0.05) is 6.42 Å². The molecule has 2 atom stereocenters. The summed E-state index contributed by atoms with van der Waals surface area (Å²) in [5.41, 5.74) is 0. The van der Waals surface area contributed by atoms with Crippen LogP contribution >= 0.6 is 0 Å². The number of nitrogens with one attached hydrogen (secondary N) is 1. The number of unbranched alkanes of at least 4 members (excludes halogenated alkanes) is 30. The highest BCUT2D eigenvalue weighted by atomic mass is 16.3. The van der Waals surface area contributed by atoms with Crippen LogP contribution in [0.2, 0.25) is 0 Å². The molecular formula is C77H129NO3. The fraction of sp³-hybridized carbons (Fsp3) is 0.649. The average molecular weight is 1120 g/mol. The fourth-order valence-corrected chi connectivity index (χ4v) is 9.61. The van der Waals surface area contributed by atoms with Crippen molar-refractivity contribution in [3.8, 4) is 0 Å². The molecule has 0 rings (SSSR count). The summed E-state index contributed by atoms with van der Waals surface area (Å²) in [6.45, 7) is 4.19. The minimum absolute atomic E-state index is 0.0964. The van der Waals surface area contributed by atoms with Crippen molar-refractivity contribution in [3.63, 3.8) is 0 Å². The molecule has 0 fully saturated rings. The molecule has 0 radical (unpaired) electrons. The van der Waals surface area contributed by atoms with Crippen molar-refractivity contribution >= 4 is 5.91 Å². The number of hydrogen-bond acceptors (Lipinski definition) is 3. The third-order valence-electron chi connectivity index (χ3n) is 14.7. The zero-order valence-corrected chi connectivity index (χ0v) is 53.0. The van der Waals surface area contributed by atoms with Gasteiger partial charge in [-0.25, -0.2) is 0 Å². The monoisotopic (exact) mass is 1120 g/mol. The Morgan fingerprint density at radius 1 is 0.309 bits per heavy atom. The Labute approximate surface area is 503 Å². The number of aliphatic hydroxyl groups is 2. The van der Waals surface area contributed by atoms with Crippen molar-refractivity contribution in [1.82, 2.24) is 5.32 Å². The van der Waals surface area contributed by atoms with E-state index in [9.17, 15) is 15.0 Å². The van der Waals surface area contributed by atoms with Crippen LogP contribution in [0, 0.1) is 0 Å². The van der Waals surface area contributed by atoms with Gasteiger partial charge in [-0.05, 0) is 116 Å². The van der Waals surface area contributed by atoms with E-state index in [1.54, 1.807) is 6.08 Å².